The van der Waals surface area contributed by atoms with Gasteiger partial charge >= 0.3 is 0 Å². The molecule has 7 nitrogen and oxygen atoms in total. The third-order valence-corrected chi connectivity index (χ3v) is 6.71. The average Bonchev–Trinajstić information content (AvgIpc) is 3.26. The monoisotopic (exact) mass is 476 g/mol. The van der Waals surface area contributed by atoms with Gasteiger partial charge in [0.25, 0.3) is 5.91 Å². The number of benzene rings is 2. The second-order valence-corrected chi connectivity index (χ2v) is 9.04. The zero-order chi connectivity index (χ0) is 24.1. The van der Waals surface area contributed by atoms with Crippen LogP contribution in [0.3, 0.4) is 0 Å². The maximum absolute atomic E-state index is 12.6. The number of amidine groups is 2. The van der Waals surface area contributed by atoms with Crippen molar-refractivity contribution in [2.24, 2.45) is 16.0 Å². The normalized spacial score (nSPS) is 16.6. The van der Waals surface area contributed by atoms with Gasteiger partial charge in [0.2, 0.25) is 5.17 Å². The number of aliphatic imine (C=N–C) groups is 1. The number of hydrogen-bond donors (Lipinski definition) is 1. The second kappa shape index (κ2) is 10.7. The van der Waals surface area contributed by atoms with Crippen LogP contribution in [-0.2, 0) is 4.79 Å². The third-order valence-electron chi connectivity index (χ3n) is 5.64. The molecule has 2 aromatic rings. The molecule has 2 heterocycles. The van der Waals surface area contributed by atoms with Crippen LogP contribution in [-0.4, -0.2) is 40.2 Å². The number of amides is 1. The third kappa shape index (κ3) is 5.39. The van der Waals surface area contributed by atoms with Gasteiger partial charge in [-0.2, -0.15) is 15.1 Å². The average molecular weight is 477 g/mol. The molecule has 0 radical (unpaired) electrons. The van der Waals surface area contributed by atoms with E-state index < -0.39 is 5.91 Å². The first-order valence-corrected chi connectivity index (χ1v) is 12.2. The van der Waals surface area contributed by atoms with Gasteiger partial charge in [-0.25, -0.2) is 0 Å². The number of carbonyl (C=O) groups is 1. The lowest BCUT2D eigenvalue weighted by Crippen LogP contribution is -2.35. The summed E-state index contributed by atoms with van der Waals surface area (Å²) in [6.45, 7) is 7.12. The summed E-state index contributed by atoms with van der Waals surface area (Å²) in [5.41, 5.74) is 2.19. The van der Waals surface area contributed by atoms with Crippen LogP contribution in [0.5, 0.6) is 11.5 Å². The minimum absolute atomic E-state index is 0.0528. The maximum Gasteiger partial charge on any atom is 0.283 e. The van der Waals surface area contributed by atoms with Crippen molar-refractivity contribution in [2.45, 2.75) is 33.6 Å². The number of ether oxygens (including phenoxy) is 2. The van der Waals surface area contributed by atoms with Gasteiger partial charge in [0.1, 0.15) is 29.8 Å². The number of carbonyl (C=O) groups excluding carboxylic acids is 1. The van der Waals surface area contributed by atoms with E-state index in [1.165, 1.54) is 22.3 Å². The Morgan fingerprint density at radius 1 is 1.00 bits per heavy atom. The molecule has 0 aromatic heterocycles. The first kappa shape index (κ1) is 23.8. The van der Waals surface area contributed by atoms with Gasteiger partial charge in [-0.1, -0.05) is 43.7 Å². The highest BCUT2D eigenvalue weighted by Crippen LogP contribution is 2.33. The molecule has 2 aliphatic heterocycles. The van der Waals surface area contributed by atoms with Crippen LogP contribution in [0.4, 0.5) is 0 Å². The highest BCUT2D eigenvalue weighted by molar-refractivity contribution is 8.27. The highest BCUT2D eigenvalue weighted by Gasteiger charge is 2.37. The topological polar surface area (TPSA) is 87.3 Å². The van der Waals surface area contributed by atoms with Crippen molar-refractivity contribution in [3.8, 4) is 11.5 Å². The van der Waals surface area contributed by atoms with E-state index >= 15 is 0 Å². The first-order valence-electron chi connectivity index (χ1n) is 11.4. The lowest BCUT2D eigenvalue weighted by atomic mass is 10.1. The van der Waals surface area contributed by atoms with Crippen LogP contribution in [0.2, 0.25) is 0 Å². The van der Waals surface area contributed by atoms with Crippen LogP contribution in [0, 0.1) is 18.3 Å². The summed E-state index contributed by atoms with van der Waals surface area (Å²) in [5.74, 6) is 1.46. The van der Waals surface area contributed by atoms with E-state index in [9.17, 15) is 4.79 Å². The van der Waals surface area contributed by atoms with Crippen molar-refractivity contribution in [2.75, 3.05) is 13.2 Å². The van der Waals surface area contributed by atoms with Crippen molar-refractivity contribution in [3.05, 3.63) is 65.2 Å². The second-order valence-electron chi connectivity index (χ2n) is 8.05. The fourth-order valence-corrected chi connectivity index (χ4v) is 4.75. The lowest BCUT2D eigenvalue weighted by molar-refractivity contribution is -0.114. The Kier molecular flexibility index (Phi) is 7.47. The molecule has 2 aliphatic rings. The summed E-state index contributed by atoms with van der Waals surface area (Å²) in [5, 5.41) is 16.0. The molecule has 0 bridgehead atoms. The van der Waals surface area contributed by atoms with Crippen LogP contribution < -0.4 is 9.47 Å². The highest BCUT2D eigenvalue weighted by atomic mass is 32.2. The molecule has 34 heavy (non-hydrogen) atoms. The number of hydrazone groups is 1. The Morgan fingerprint density at radius 3 is 2.18 bits per heavy atom. The number of thioether (sulfide) groups is 1. The fourth-order valence-electron chi connectivity index (χ4n) is 3.59. The molecule has 176 valence electrons. The molecule has 1 N–H and O–H groups in total. The Bertz CT molecular complexity index is 1150. The van der Waals surface area contributed by atoms with E-state index in [1.807, 2.05) is 55.5 Å². The Labute approximate surface area is 204 Å². The van der Waals surface area contributed by atoms with E-state index in [-0.39, 0.29) is 11.4 Å². The van der Waals surface area contributed by atoms with E-state index in [0.717, 1.165) is 29.2 Å². The predicted molar refractivity (Wildman–Crippen MR) is 138 cm³/mol. The largest absolute Gasteiger partial charge is 0.490 e. The quantitative estimate of drug-likeness (QED) is 0.381. The minimum Gasteiger partial charge on any atom is -0.490 e. The SMILES string of the molecule is CCC(CC)C1=NN2C(=N)C(=Cc3ccc(OCCOc4ccc(C)cc4)cc3)C(=O)N=C2S1. The lowest BCUT2D eigenvalue weighted by Gasteiger charge is -2.20. The number of rotatable bonds is 9. The molecule has 2 aromatic carbocycles. The number of hydrogen-bond acceptors (Lipinski definition) is 6. The summed E-state index contributed by atoms with van der Waals surface area (Å²) in [6, 6.07) is 15.3. The van der Waals surface area contributed by atoms with Crippen molar-refractivity contribution < 1.29 is 14.3 Å². The van der Waals surface area contributed by atoms with Crippen LogP contribution in [0.25, 0.3) is 6.08 Å². The van der Waals surface area contributed by atoms with Crippen LogP contribution >= 0.6 is 11.8 Å². The number of fused-ring (bicyclic) bond motifs is 1. The smallest absolute Gasteiger partial charge is 0.283 e. The molecule has 1 amide bonds. The van der Waals surface area contributed by atoms with E-state index in [0.29, 0.717) is 30.0 Å². The Balaban J connectivity index is 1.37. The molecule has 0 saturated carbocycles. The molecular formula is C26H28N4O3S. The maximum atomic E-state index is 12.6. The van der Waals surface area contributed by atoms with Crippen molar-refractivity contribution in [3.63, 3.8) is 0 Å². The summed E-state index contributed by atoms with van der Waals surface area (Å²) in [7, 11) is 0. The minimum atomic E-state index is -0.418. The van der Waals surface area contributed by atoms with Gasteiger partial charge in [-0.3, -0.25) is 10.2 Å². The summed E-state index contributed by atoms with van der Waals surface area (Å²) < 4.78 is 11.4. The fraction of sp³-hybridized carbons (Fsp3) is 0.308. The standard InChI is InChI=1S/C26H28N4O3S/c1-4-19(5-2)25-29-30-23(27)22(24(31)28-26(30)34-25)16-18-8-12-21(13-9-18)33-15-14-32-20-10-6-17(3)7-11-20/h6-13,16,19,27H,4-5,14-15H2,1-3H3. The van der Waals surface area contributed by atoms with Crippen LogP contribution in [0.1, 0.15) is 37.8 Å². The molecule has 0 spiro atoms. The van der Waals surface area contributed by atoms with E-state index in [2.05, 4.69) is 23.9 Å². The zero-order valence-corrected chi connectivity index (χ0v) is 20.4. The molecule has 0 saturated heterocycles. The van der Waals surface area contributed by atoms with Gasteiger partial charge in [0, 0.05) is 5.92 Å². The Hall–Kier alpha value is -3.39. The van der Waals surface area contributed by atoms with Gasteiger partial charge in [0.05, 0.1) is 5.57 Å². The van der Waals surface area contributed by atoms with Crippen molar-refractivity contribution in [1.82, 2.24) is 5.01 Å². The molecule has 0 aliphatic carbocycles. The predicted octanol–water partition coefficient (Wildman–Crippen LogP) is 5.51. The molecular weight excluding hydrogens is 448 g/mol. The summed E-state index contributed by atoms with van der Waals surface area (Å²) in [4.78, 5) is 16.8. The zero-order valence-electron chi connectivity index (χ0n) is 19.6. The van der Waals surface area contributed by atoms with Crippen molar-refractivity contribution in [1.29, 1.82) is 5.41 Å². The molecule has 0 unspecified atom stereocenters. The van der Waals surface area contributed by atoms with Gasteiger partial charge in [-0.15, -0.1) is 0 Å². The number of nitrogens with one attached hydrogen (secondary N) is 1. The summed E-state index contributed by atoms with van der Waals surface area (Å²) in [6.07, 6.45) is 3.59. The van der Waals surface area contributed by atoms with Gasteiger partial charge in [0.15, 0.2) is 5.84 Å². The van der Waals surface area contributed by atoms with Crippen LogP contribution in [0.15, 0.2) is 64.2 Å². The summed E-state index contributed by atoms with van der Waals surface area (Å²) >= 11 is 1.39. The number of aryl methyl sites for hydroxylation is 1. The first-order chi connectivity index (χ1) is 16.5. The molecule has 8 heteroatoms. The number of nitrogens with zero attached hydrogens (tertiary/aromatic N) is 3. The van der Waals surface area contributed by atoms with Crippen molar-refractivity contribution >= 4 is 39.8 Å². The van der Waals surface area contributed by atoms with Gasteiger partial charge in [-0.05, 0) is 67.4 Å². The van der Waals surface area contributed by atoms with E-state index in [1.54, 1.807) is 6.08 Å². The molecule has 0 atom stereocenters. The Morgan fingerprint density at radius 2 is 1.59 bits per heavy atom. The molecule has 4 rings (SSSR count). The van der Waals surface area contributed by atoms with Gasteiger partial charge < -0.3 is 9.47 Å². The van der Waals surface area contributed by atoms with E-state index in [4.69, 9.17) is 14.9 Å². The molecule has 0 fully saturated rings.